The number of halogens is 1. The maximum atomic E-state index is 13.0. The highest BCUT2D eigenvalue weighted by Gasteiger charge is 2.15. The van der Waals surface area contributed by atoms with Crippen LogP contribution in [0.1, 0.15) is 10.4 Å². The molecule has 0 aliphatic rings. The molecule has 6 nitrogen and oxygen atoms in total. The van der Waals surface area contributed by atoms with Crippen molar-refractivity contribution in [3.8, 4) is 34.0 Å². The Morgan fingerprint density at radius 2 is 1.50 bits per heavy atom. The predicted octanol–water partition coefficient (Wildman–Crippen LogP) is 5.42. The van der Waals surface area contributed by atoms with Gasteiger partial charge in [0.15, 0.2) is 5.16 Å². The standard InChI is InChI=1S/C26H24FN3O3S/c1-32-21-11-5-17(6-12-21)23-24(18-7-13-22(33-2)14-8-18)30-26(29-23)34-16-15-28-25(31)19-3-9-20(27)10-4-19/h3-14H,15-16H2,1-2H3,(H,28,31)(H,29,30). The van der Waals surface area contributed by atoms with Gasteiger partial charge in [-0.3, -0.25) is 4.79 Å². The highest BCUT2D eigenvalue weighted by atomic mass is 32.2. The van der Waals surface area contributed by atoms with Crippen molar-refractivity contribution in [3.63, 3.8) is 0 Å². The molecule has 2 N–H and O–H groups in total. The van der Waals surface area contributed by atoms with E-state index in [0.29, 0.717) is 17.9 Å². The summed E-state index contributed by atoms with van der Waals surface area (Å²) in [5.74, 6) is 1.56. The van der Waals surface area contributed by atoms with Crippen LogP contribution in [-0.2, 0) is 0 Å². The second-order valence-corrected chi connectivity index (χ2v) is 8.42. The van der Waals surface area contributed by atoms with E-state index in [2.05, 4.69) is 10.3 Å². The van der Waals surface area contributed by atoms with Gasteiger partial charge in [-0.2, -0.15) is 0 Å². The van der Waals surface area contributed by atoms with E-state index in [9.17, 15) is 9.18 Å². The van der Waals surface area contributed by atoms with Crippen LogP contribution in [0.4, 0.5) is 4.39 Å². The smallest absolute Gasteiger partial charge is 0.251 e. The summed E-state index contributed by atoms with van der Waals surface area (Å²) in [5, 5.41) is 3.59. The summed E-state index contributed by atoms with van der Waals surface area (Å²) in [6, 6.07) is 21.0. The SMILES string of the molecule is COc1ccc(-c2nc(SCCNC(=O)c3ccc(F)cc3)[nH]c2-c2ccc(OC)cc2)cc1. The van der Waals surface area contributed by atoms with Gasteiger partial charge < -0.3 is 19.8 Å². The van der Waals surface area contributed by atoms with E-state index in [1.165, 1.54) is 36.0 Å². The van der Waals surface area contributed by atoms with Crippen LogP contribution in [0.5, 0.6) is 11.5 Å². The number of thioether (sulfide) groups is 1. The van der Waals surface area contributed by atoms with E-state index < -0.39 is 0 Å². The van der Waals surface area contributed by atoms with Crippen LogP contribution in [0, 0.1) is 5.82 Å². The maximum absolute atomic E-state index is 13.0. The lowest BCUT2D eigenvalue weighted by atomic mass is 10.0. The molecule has 1 amide bonds. The Labute approximate surface area is 201 Å². The molecule has 0 bridgehead atoms. The molecule has 0 fully saturated rings. The molecular formula is C26H24FN3O3S. The van der Waals surface area contributed by atoms with Gasteiger partial charge in [0.05, 0.1) is 25.6 Å². The van der Waals surface area contributed by atoms with Crippen LogP contribution in [0.2, 0.25) is 0 Å². The number of nitrogens with zero attached hydrogens (tertiary/aromatic N) is 1. The molecule has 0 saturated carbocycles. The molecule has 0 atom stereocenters. The molecule has 0 unspecified atom stereocenters. The number of ether oxygens (including phenoxy) is 2. The van der Waals surface area contributed by atoms with Crippen LogP contribution in [0.15, 0.2) is 78.0 Å². The number of hydrogen-bond acceptors (Lipinski definition) is 5. The third kappa shape index (κ3) is 5.58. The number of hydrogen-bond donors (Lipinski definition) is 2. The van der Waals surface area contributed by atoms with E-state index in [1.807, 2.05) is 48.5 Å². The highest BCUT2D eigenvalue weighted by Crippen LogP contribution is 2.34. The average Bonchev–Trinajstić information content (AvgIpc) is 3.31. The normalized spacial score (nSPS) is 10.7. The van der Waals surface area contributed by atoms with E-state index in [-0.39, 0.29) is 11.7 Å². The van der Waals surface area contributed by atoms with Crippen LogP contribution < -0.4 is 14.8 Å². The Kier molecular flexibility index (Phi) is 7.49. The molecule has 0 aliphatic carbocycles. The molecule has 1 heterocycles. The molecule has 174 valence electrons. The number of H-pyrrole nitrogens is 1. The van der Waals surface area contributed by atoms with E-state index in [1.54, 1.807) is 14.2 Å². The van der Waals surface area contributed by atoms with E-state index in [0.717, 1.165) is 39.2 Å². The summed E-state index contributed by atoms with van der Waals surface area (Å²) in [6.07, 6.45) is 0. The monoisotopic (exact) mass is 477 g/mol. The predicted molar refractivity (Wildman–Crippen MR) is 132 cm³/mol. The van der Waals surface area contributed by atoms with Crippen molar-refractivity contribution in [2.75, 3.05) is 26.5 Å². The second kappa shape index (κ2) is 10.9. The lowest BCUT2D eigenvalue weighted by Crippen LogP contribution is -2.25. The largest absolute Gasteiger partial charge is 0.497 e. The number of carbonyl (C=O) groups is 1. The van der Waals surface area contributed by atoms with Gasteiger partial charge in [-0.15, -0.1) is 0 Å². The lowest BCUT2D eigenvalue weighted by Gasteiger charge is -2.06. The fourth-order valence-corrected chi connectivity index (χ4v) is 4.09. The summed E-state index contributed by atoms with van der Waals surface area (Å²) in [5.41, 5.74) is 4.08. The Morgan fingerprint density at radius 3 is 2.09 bits per heavy atom. The summed E-state index contributed by atoms with van der Waals surface area (Å²) in [7, 11) is 3.27. The van der Waals surface area contributed by atoms with Crippen molar-refractivity contribution in [3.05, 3.63) is 84.2 Å². The van der Waals surface area contributed by atoms with Crippen molar-refractivity contribution in [1.82, 2.24) is 15.3 Å². The van der Waals surface area contributed by atoms with Crippen LogP contribution in [0.25, 0.3) is 22.5 Å². The van der Waals surface area contributed by atoms with Crippen molar-refractivity contribution in [1.29, 1.82) is 0 Å². The van der Waals surface area contributed by atoms with E-state index >= 15 is 0 Å². The van der Waals surface area contributed by atoms with Crippen molar-refractivity contribution in [2.24, 2.45) is 0 Å². The molecule has 3 aromatic carbocycles. The number of nitrogens with one attached hydrogen (secondary N) is 2. The minimum Gasteiger partial charge on any atom is -0.497 e. The number of amides is 1. The van der Waals surface area contributed by atoms with Crippen molar-refractivity contribution in [2.45, 2.75) is 5.16 Å². The van der Waals surface area contributed by atoms with Crippen LogP contribution >= 0.6 is 11.8 Å². The Bertz CT molecular complexity index is 1180. The number of aromatic amines is 1. The Balaban J connectivity index is 1.48. The van der Waals surface area contributed by atoms with Crippen molar-refractivity contribution >= 4 is 17.7 Å². The maximum Gasteiger partial charge on any atom is 0.251 e. The first kappa shape index (κ1) is 23.4. The molecule has 4 aromatic rings. The molecular weight excluding hydrogens is 453 g/mol. The van der Waals surface area contributed by atoms with Crippen LogP contribution in [0.3, 0.4) is 0 Å². The number of rotatable bonds is 9. The van der Waals surface area contributed by atoms with Gasteiger partial charge in [0.25, 0.3) is 5.91 Å². The lowest BCUT2D eigenvalue weighted by molar-refractivity contribution is 0.0956. The zero-order valence-corrected chi connectivity index (χ0v) is 19.6. The van der Waals surface area contributed by atoms with Gasteiger partial charge in [0.2, 0.25) is 0 Å². The van der Waals surface area contributed by atoms with Gasteiger partial charge in [-0.1, -0.05) is 11.8 Å². The highest BCUT2D eigenvalue weighted by molar-refractivity contribution is 7.99. The number of methoxy groups -OCH3 is 2. The molecule has 1 aromatic heterocycles. The summed E-state index contributed by atoms with van der Waals surface area (Å²) < 4.78 is 23.6. The fourth-order valence-electron chi connectivity index (χ4n) is 3.36. The fraction of sp³-hybridized carbons (Fsp3) is 0.154. The minimum absolute atomic E-state index is 0.238. The first-order valence-corrected chi connectivity index (χ1v) is 11.6. The third-order valence-electron chi connectivity index (χ3n) is 5.16. The van der Waals surface area contributed by atoms with Gasteiger partial charge >= 0.3 is 0 Å². The van der Waals surface area contributed by atoms with Crippen molar-refractivity contribution < 1.29 is 18.7 Å². The first-order valence-electron chi connectivity index (χ1n) is 10.6. The molecule has 0 aliphatic heterocycles. The average molecular weight is 478 g/mol. The molecule has 0 saturated heterocycles. The Morgan fingerprint density at radius 1 is 0.912 bits per heavy atom. The number of benzene rings is 3. The quantitative estimate of drug-likeness (QED) is 0.249. The third-order valence-corrected chi connectivity index (χ3v) is 6.03. The van der Waals surface area contributed by atoms with Gasteiger partial charge in [0, 0.05) is 29.0 Å². The van der Waals surface area contributed by atoms with E-state index in [4.69, 9.17) is 14.5 Å². The molecule has 8 heteroatoms. The molecule has 0 spiro atoms. The number of imidazole rings is 1. The zero-order chi connectivity index (χ0) is 23.9. The topological polar surface area (TPSA) is 76.2 Å². The molecule has 4 rings (SSSR count). The first-order chi connectivity index (χ1) is 16.6. The molecule has 34 heavy (non-hydrogen) atoms. The summed E-state index contributed by atoms with van der Waals surface area (Å²) in [4.78, 5) is 20.4. The minimum atomic E-state index is -0.370. The number of aromatic nitrogens is 2. The number of carbonyl (C=O) groups excluding carboxylic acids is 1. The summed E-state index contributed by atoms with van der Waals surface area (Å²) in [6.45, 7) is 0.442. The zero-order valence-electron chi connectivity index (χ0n) is 18.8. The second-order valence-electron chi connectivity index (χ2n) is 7.33. The summed E-state index contributed by atoms with van der Waals surface area (Å²) >= 11 is 1.51. The van der Waals surface area contributed by atoms with Gasteiger partial charge in [-0.25, -0.2) is 9.37 Å². The molecule has 0 radical (unpaired) electrons. The van der Waals surface area contributed by atoms with Gasteiger partial charge in [0.1, 0.15) is 17.3 Å². The Hall–Kier alpha value is -3.78. The van der Waals surface area contributed by atoms with Crippen LogP contribution in [-0.4, -0.2) is 42.4 Å². The van der Waals surface area contributed by atoms with Gasteiger partial charge in [-0.05, 0) is 72.8 Å².